The van der Waals surface area contributed by atoms with Gasteiger partial charge in [-0.15, -0.1) is 0 Å². The van der Waals surface area contributed by atoms with Crippen molar-refractivity contribution in [2.45, 2.75) is 32.5 Å². The molecule has 0 aromatic heterocycles. The van der Waals surface area contributed by atoms with Crippen molar-refractivity contribution in [1.82, 2.24) is 5.32 Å². The summed E-state index contributed by atoms with van der Waals surface area (Å²) in [5.41, 5.74) is 1.09. The first kappa shape index (κ1) is 17.1. The predicted molar refractivity (Wildman–Crippen MR) is 95.3 cm³/mol. The summed E-state index contributed by atoms with van der Waals surface area (Å²) >= 11 is 0. The number of hydrogen-bond donors (Lipinski definition) is 1. The summed E-state index contributed by atoms with van der Waals surface area (Å²) < 4.78 is 17.3. The highest BCUT2D eigenvalue weighted by molar-refractivity contribution is 5.80. The van der Waals surface area contributed by atoms with Gasteiger partial charge in [-0.25, -0.2) is 0 Å². The van der Waals surface area contributed by atoms with Gasteiger partial charge in [-0.05, 0) is 37.1 Å². The number of nitrogens with one attached hydrogen (secondary N) is 1. The van der Waals surface area contributed by atoms with Crippen LogP contribution in [0.3, 0.4) is 0 Å². The van der Waals surface area contributed by atoms with Gasteiger partial charge >= 0.3 is 0 Å². The molecule has 0 saturated carbocycles. The molecule has 1 N–H and O–H groups in total. The van der Waals surface area contributed by atoms with Crippen LogP contribution in [-0.2, 0) is 11.2 Å². The van der Waals surface area contributed by atoms with Crippen molar-refractivity contribution in [3.63, 3.8) is 0 Å². The van der Waals surface area contributed by atoms with E-state index < -0.39 is 6.10 Å². The summed E-state index contributed by atoms with van der Waals surface area (Å²) in [6.45, 7) is 4.59. The van der Waals surface area contributed by atoms with Crippen LogP contribution in [0.5, 0.6) is 17.2 Å². The van der Waals surface area contributed by atoms with Gasteiger partial charge in [0.25, 0.3) is 5.91 Å². The Morgan fingerprint density at radius 1 is 1.20 bits per heavy atom. The van der Waals surface area contributed by atoms with Crippen LogP contribution in [0.25, 0.3) is 0 Å². The number of carbonyl (C=O) groups is 1. The Balaban J connectivity index is 1.51. The smallest absolute Gasteiger partial charge is 0.260 e. The number of hydrogen-bond acceptors (Lipinski definition) is 4. The maximum absolute atomic E-state index is 12.3. The summed E-state index contributed by atoms with van der Waals surface area (Å²) in [6, 6.07) is 15.3. The molecule has 2 aromatic carbocycles. The van der Waals surface area contributed by atoms with E-state index >= 15 is 0 Å². The van der Waals surface area contributed by atoms with Gasteiger partial charge < -0.3 is 19.5 Å². The molecule has 5 heteroatoms. The van der Waals surface area contributed by atoms with Crippen LogP contribution in [0.15, 0.2) is 48.5 Å². The van der Waals surface area contributed by atoms with Gasteiger partial charge in [-0.1, -0.05) is 37.3 Å². The lowest BCUT2D eigenvalue weighted by Crippen LogP contribution is -2.44. The second kappa shape index (κ2) is 7.92. The Labute approximate surface area is 147 Å². The third kappa shape index (κ3) is 4.24. The zero-order valence-corrected chi connectivity index (χ0v) is 14.5. The molecule has 0 aliphatic carbocycles. The summed E-state index contributed by atoms with van der Waals surface area (Å²) in [6.07, 6.45) is 0.0652. The number of ether oxygens (including phenoxy) is 3. The second-order valence-electron chi connectivity index (χ2n) is 5.96. The molecule has 0 fully saturated rings. The predicted octanol–water partition coefficient (Wildman–Crippen LogP) is 2.97. The van der Waals surface area contributed by atoms with Crippen LogP contribution in [0.2, 0.25) is 0 Å². The van der Waals surface area contributed by atoms with Crippen LogP contribution in [-0.4, -0.2) is 31.3 Å². The van der Waals surface area contributed by atoms with Crippen LogP contribution in [0.4, 0.5) is 0 Å². The highest BCUT2D eigenvalue weighted by Gasteiger charge is 2.23. The summed E-state index contributed by atoms with van der Waals surface area (Å²) in [5, 5.41) is 2.87. The number of aryl methyl sites for hydroxylation is 1. The molecule has 1 heterocycles. The fourth-order valence-corrected chi connectivity index (χ4v) is 2.68. The Kier molecular flexibility index (Phi) is 5.43. The second-order valence-corrected chi connectivity index (χ2v) is 5.96. The van der Waals surface area contributed by atoms with Crippen LogP contribution in [0, 0.1) is 0 Å². The van der Waals surface area contributed by atoms with Crippen LogP contribution < -0.4 is 19.5 Å². The van der Waals surface area contributed by atoms with Gasteiger partial charge in [-0.3, -0.25) is 4.79 Å². The first-order valence-corrected chi connectivity index (χ1v) is 8.58. The largest absolute Gasteiger partial charge is 0.486 e. The van der Waals surface area contributed by atoms with Crippen molar-refractivity contribution in [2.75, 3.05) is 13.2 Å². The summed E-state index contributed by atoms with van der Waals surface area (Å²) in [4.78, 5) is 12.3. The molecule has 0 spiro atoms. The Morgan fingerprint density at radius 3 is 2.72 bits per heavy atom. The van der Waals surface area contributed by atoms with E-state index in [1.807, 2.05) is 48.5 Å². The lowest BCUT2D eigenvalue weighted by molar-refractivity contribution is -0.127. The fraction of sp³-hybridized carbons (Fsp3) is 0.350. The molecule has 2 aromatic rings. The quantitative estimate of drug-likeness (QED) is 0.878. The minimum atomic E-state index is -0.579. The minimum absolute atomic E-state index is 0.173. The van der Waals surface area contributed by atoms with E-state index in [0.717, 1.165) is 23.5 Å². The van der Waals surface area contributed by atoms with Crippen molar-refractivity contribution >= 4 is 5.91 Å². The van der Waals surface area contributed by atoms with Crippen molar-refractivity contribution in [3.8, 4) is 17.2 Å². The number of carbonyl (C=O) groups excluding carboxylic acids is 1. The third-order valence-electron chi connectivity index (χ3n) is 4.10. The molecule has 1 amide bonds. The molecule has 0 saturated heterocycles. The maximum atomic E-state index is 12.3. The number of para-hydroxylation sites is 3. The molecule has 0 bridgehead atoms. The third-order valence-corrected chi connectivity index (χ3v) is 4.10. The fourth-order valence-electron chi connectivity index (χ4n) is 2.68. The normalized spacial score (nSPS) is 16.8. The average Bonchev–Trinajstić information content (AvgIpc) is 2.66. The van der Waals surface area contributed by atoms with Crippen molar-refractivity contribution in [2.24, 2.45) is 0 Å². The van der Waals surface area contributed by atoms with E-state index in [1.165, 1.54) is 0 Å². The lowest BCUT2D eigenvalue weighted by atomic mass is 10.1. The van der Waals surface area contributed by atoms with E-state index in [-0.39, 0.29) is 12.0 Å². The molecule has 2 atom stereocenters. The van der Waals surface area contributed by atoms with Crippen molar-refractivity contribution in [1.29, 1.82) is 0 Å². The molecule has 0 radical (unpaired) electrons. The summed E-state index contributed by atoms with van der Waals surface area (Å²) in [7, 11) is 0. The number of fused-ring (bicyclic) bond motifs is 1. The highest BCUT2D eigenvalue weighted by Crippen LogP contribution is 2.30. The zero-order chi connectivity index (χ0) is 17.6. The molecule has 3 rings (SSSR count). The number of amides is 1. The van der Waals surface area contributed by atoms with Gasteiger partial charge in [0, 0.05) is 0 Å². The lowest BCUT2D eigenvalue weighted by Gasteiger charge is -2.27. The molecule has 5 nitrogen and oxygen atoms in total. The zero-order valence-electron chi connectivity index (χ0n) is 14.5. The topological polar surface area (TPSA) is 56.8 Å². The van der Waals surface area contributed by atoms with E-state index in [9.17, 15) is 4.79 Å². The molecule has 25 heavy (non-hydrogen) atoms. The van der Waals surface area contributed by atoms with Gasteiger partial charge in [0.15, 0.2) is 17.6 Å². The van der Waals surface area contributed by atoms with Gasteiger partial charge in [0.1, 0.15) is 18.5 Å². The average molecular weight is 341 g/mol. The Hall–Kier alpha value is -2.69. The first-order valence-electron chi connectivity index (χ1n) is 8.58. The van der Waals surface area contributed by atoms with Gasteiger partial charge in [-0.2, -0.15) is 0 Å². The standard InChI is InChI=1S/C20H23NO4/c1-3-15-8-4-5-9-17(15)24-14(2)20(22)21-12-16-13-23-18-10-6-7-11-19(18)25-16/h4-11,14,16H,3,12-13H2,1-2H3,(H,21,22). The Bertz CT molecular complexity index is 731. The molecule has 1 aliphatic rings. The summed E-state index contributed by atoms with van der Waals surface area (Å²) in [5.74, 6) is 2.01. The van der Waals surface area contributed by atoms with Crippen LogP contribution in [0.1, 0.15) is 19.4 Å². The highest BCUT2D eigenvalue weighted by atomic mass is 16.6. The van der Waals surface area contributed by atoms with E-state index in [2.05, 4.69) is 12.2 Å². The molecular formula is C20H23NO4. The number of benzene rings is 2. The first-order chi connectivity index (χ1) is 12.2. The Morgan fingerprint density at radius 2 is 1.92 bits per heavy atom. The SMILES string of the molecule is CCc1ccccc1OC(C)C(=O)NCC1COc2ccccc2O1. The molecular weight excluding hydrogens is 318 g/mol. The molecule has 1 aliphatic heterocycles. The van der Waals surface area contributed by atoms with Gasteiger partial charge in [0.2, 0.25) is 0 Å². The van der Waals surface area contributed by atoms with Crippen molar-refractivity contribution < 1.29 is 19.0 Å². The monoisotopic (exact) mass is 341 g/mol. The number of rotatable bonds is 6. The van der Waals surface area contributed by atoms with Crippen molar-refractivity contribution in [3.05, 3.63) is 54.1 Å². The van der Waals surface area contributed by atoms with E-state index in [4.69, 9.17) is 14.2 Å². The van der Waals surface area contributed by atoms with Gasteiger partial charge in [0.05, 0.1) is 6.54 Å². The van der Waals surface area contributed by atoms with E-state index in [0.29, 0.717) is 18.9 Å². The maximum Gasteiger partial charge on any atom is 0.260 e. The van der Waals surface area contributed by atoms with E-state index in [1.54, 1.807) is 6.92 Å². The minimum Gasteiger partial charge on any atom is -0.486 e. The van der Waals surface area contributed by atoms with Crippen LogP contribution >= 0.6 is 0 Å². The molecule has 132 valence electrons. The molecule has 2 unspecified atom stereocenters.